The van der Waals surface area contributed by atoms with Crippen LogP contribution in [0.25, 0.3) is 0 Å². The van der Waals surface area contributed by atoms with Gasteiger partial charge in [-0.3, -0.25) is 0 Å². The molecule has 1 aliphatic carbocycles. The third kappa shape index (κ3) is 4.00. The normalized spacial score (nSPS) is 24.2. The Morgan fingerprint density at radius 3 is 2.32 bits per heavy atom. The molecule has 2 aromatic carbocycles. The number of nitrogens with one attached hydrogen (secondary N) is 1. The molecule has 148 valence electrons. The number of hydrogen-bond acceptors (Lipinski definition) is 3. The smallest absolute Gasteiger partial charge is 0.391 e. The van der Waals surface area contributed by atoms with Gasteiger partial charge < -0.3 is 10.2 Å². The number of hydrogen-bond donors (Lipinski definition) is 1. The number of alkyl halides is 3. The van der Waals surface area contributed by atoms with Crippen molar-refractivity contribution in [2.24, 2.45) is 22.9 Å². The molecule has 1 aliphatic heterocycles. The molecule has 2 unspecified atom stereocenters. The van der Waals surface area contributed by atoms with Crippen LogP contribution in [0.1, 0.15) is 16.7 Å². The van der Waals surface area contributed by atoms with E-state index in [1.54, 1.807) is 12.1 Å². The Kier molecular flexibility index (Phi) is 5.29. The van der Waals surface area contributed by atoms with Crippen LogP contribution in [0.15, 0.2) is 47.6 Å². The first-order valence-electron chi connectivity index (χ1n) is 8.87. The van der Waals surface area contributed by atoms with Crippen molar-refractivity contribution in [2.45, 2.75) is 12.8 Å². The Balaban J connectivity index is 1.50. The van der Waals surface area contributed by atoms with Crippen LogP contribution in [0.5, 0.6) is 0 Å². The van der Waals surface area contributed by atoms with Crippen molar-refractivity contribution in [3.63, 3.8) is 0 Å². The van der Waals surface area contributed by atoms with Gasteiger partial charge in [0.05, 0.1) is 21.3 Å². The molecule has 1 saturated heterocycles. The van der Waals surface area contributed by atoms with Crippen molar-refractivity contribution >= 4 is 28.9 Å². The Morgan fingerprint density at radius 2 is 1.71 bits per heavy atom. The minimum absolute atomic E-state index is 0.0866. The molecule has 4 rings (SSSR count). The monoisotopic (exact) mass is 428 g/mol. The van der Waals surface area contributed by atoms with Crippen LogP contribution in [-0.2, 0) is 17.6 Å². The fourth-order valence-corrected chi connectivity index (χ4v) is 4.05. The van der Waals surface area contributed by atoms with E-state index in [0.717, 1.165) is 36.5 Å². The molecule has 1 saturated carbocycles. The average Bonchev–Trinajstić information content (AvgIpc) is 3.10. The first kappa shape index (κ1) is 19.6. The molecule has 28 heavy (non-hydrogen) atoms. The standard InChI is InChI=1S/C20H17Cl2F3N2O/c21-16-6-3-12(7-17(16)22)19(18-14-8-26-9-15(14)18)27-28-10-11-1-4-13(5-2-11)20(23,24)25/h1-7,14-15,18,26H,8-10H2/b27-19-. The van der Waals surface area contributed by atoms with E-state index >= 15 is 0 Å². The molecule has 0 spiro atoms. The predicted octanol–water partition coefficient (Wildman–Crippen LogP) is 5.40. The van der Waals surface area contributed by atoms with Crippen molar-refractivity contribution in [1.82, 2.24) is 5.32 Å². The number of nitrogens with zero attached hydrogens (tertiary/aromatic N) is 1. The van der Waals surface area contributed by atoms with E-state index in [9.17, 15) is 13.2 Å². The highest BCUT2D eigenvalue weighted by Crippen LogP contribution is 2.50. The SMILES string of the molecule is FC(F)(F)c1ccc(CO/N=C(/c2ccc(Cl)c(Cl)c2)C2C3CNCC32)cc1. The van der Waals surface area contributed by atoms with Crippen molar-refractivity contribution in [3.05, 3.63) is 69.2 Å². The molecular weight excluding hydrogens is 412 g/mol. The van der Waals surface area contributed by atoms with Crippen molar-refractivity contribution in [1.29, 1.82) is 0 Å². The summed E-state index contributed by atoms with van der Waals surface area (Å²) in [6.45, 7) is 1.96. The summed E-state index contributed by atoms with van der Waals surface area (Å²) < 4.78 is 38.0. The van der Waals surface area contributed by atoms with Crippen LogP contribution in [0, 0.1) is 17.8 Å². The van der Waals surface area contributed by atoms with Gasteiger partial charge in [-0.25, -0.2) is 0 Å². The van der Waals surface area contributed by atoms with E-state index in [2.05, 4.69) is 10.5 Å². The van der Waals surface area contributed by atoms with Gasteiger partial charge in [-0.05, 0) is 54.8 Å². The number of halogens is 5. The molecule has 3 nitrogen and oxygen atoms in total. The van der Waals surface area contributed by atoms with Crippen molar-refractivity contribution < 1.29 is 18.0 Å². The van der Waals surface area contributed by atoms with Gasteiger partial charge in [-0.2, -0.15) is 13.2 Å². The van der Waals surface area contributed by atoms with Crippen molar-refractivity contribution in [3.8, 4) is 0 Å². The van der Waals surface area contributed by atoms with Crippen LogP contribution < -0.4 is 5.32 Å². The third-order valence-electron chi connectivity index (χ3n) is 5.30. The lowest BCUT2D eigenvalue weighted by atomic mass is 10.0. The Morgan fingerprint density at radius 1 is 1.04 bits per heavy atom. The molecule has 2 fully saturated rings. The largest absolute Gasteiger partial charge is 0.416 e. The molecule has 0 aromatic heterocycles. The highest BCUT2D eigenvalue weighted by molar-refractivity contribution is 6.42. The molecule has 1 N–H and O–H groups in total. The van der Waals surface area contributed by atoms with Gasteiger partial charge in [0.25, 0.3) is 0 Å². The second-order valence-electron chi connectivity index (χ2n) is 7.09. The maximum absolute atomic E-state index is 12.7. The summed E-state index contributed by atoms with van der Waals surface area (Å²) in [5, 5.41) is 8.59. The van der Waals surface area contributed by atoms with E-state index < -0.39 is 11.7 Å². The topological polar surface area (TPSA) is 33.6 Å². The van der Waals surface area contributed by atoms with E-state index in [4.69, 9.17) is 28.0 Å². The van der Waals surface area contributed by atoms with E-state index in [-0.39, 0.29) is 12.5 Å². The molecule has 2 aliphatic rings. The fourth-order valence-electron chi connectivity index (χ4n) is 3.75. The molecule has 8 heteroatoms. The zero-order valence-corrected chi connectivity index (χ0v) is 16.2. The molecule has 0 bridgehead atoms. The summed E-state index contributed by atoms with van der Waals surface area (Å²) in [6, 6.07) is 10.2. The average molecular weight is 429 g/mol. The van der Waals surface area contributed by atoms with Gasteiger partial charge in [0.15, 0.2) is 0 Å². The highest BCUT2D eigenvalue weighted by atomic mass is 35.5. The first-order valence-corrected chi connectivity index (χ1v) is 9.62. The second-order valence-corrected chi connectivity index (χ2v) is 7.90. The highest BCUT2D eigenvalue weighted by Gasteiger charge is 2.55. The van der Waals surface area contributed by atoms with Gasteiger partial charge in [-0.15, -0.1) is 0 Å². The lowest BCUT2D eigenvalue weighted by Gasteiger charge is -2.11. The minimum Gasteiger partial charge on any atom is -0.391 e. The van der Waals surface area contributed by atoms with Gasteiger partial charge in [0.2, 0.25) is 0 Å². The summed E-state index contributed by atoms with van der Waals surface area (Å²) in [6.07, 6.45) is -4.35. The van der Waals surface area contributed by atoms with Gasteiger partial charge in [-0.1, -0.05) is 46.6 Å². The molecular formula is C20H17Cl2F3N2O. The van der Waals surface area contributed by atoms with Crippen LogP contribution in [0.2, 0.25) is 10.0 Å². The Labute approximate surface area is 170 Å². The summed E-state index contributed by atoms with van der Waals surface area (Å²) in [7, 11) is 0. The minimum atomic E-state index is -4.35. The number of rotatable bonds is 5. The summed E-state index contributed by atoms with van der Waals surface area (Å²) >= 11 is 12.2. The zero-order valence-electron chi connectivity index (χ0n) is 14.6. The van der Waals surface area contributed by atoms with Gasteiger partial charge in [0.1, 0.15) is 6.61 Å². The molecule has 2 atom stereocenters. The first-order chi connectivity index (χ1) is 13.3. The van der Waals surface area contributed by atoms with Gasteiger partial charge >= 0.3 is 6.18 Å². The summed E-state index contributed by atoms with van der Waals surface area (Å²) in [5.74, 6) is 1.32. The predicted molar refractivity (Wildman–Crippen MR) is 103 cm³/mol. The van der Waals surface area contributed by atoms with Crippen LogP contribution in [-0.4, -0.2) is 18.8 Å². The Bertz CT molecular complexity index is 889. The number of fused-ring (bicyclic) bond motifs is 1. The van der Waals surface area contributed by atoms with Crippen LogP contribution in [0.4, 0.5) is 13.2 Å². The van der Waals surface area contributed by atoms with Crippen molar-refractivity contribution in [2.75, 3.05) is 13.1 Å². The number of oxime groups is 1. The molecule has 2 aromatic rings. The third-order valence-corrected chi connectivity index (χ3v) is 6.04. The summed E-state index contributed by atoms with van der Waals surface area (Å²) in [5.41, 5.74) is 1.58. The maximum atomic E-state index is 12.7. The lowest BCUT2D eigenvalue weighted by molar-refractivity contribution is -0.137. The van der Waals surface area contributed by atoms with Gasteiger partial charge in [0, 0.05) is 11.5 Å². The summed E-state index contributed by atoms with van der Waals surface area (Å²) in [4.78, 5) is 5.51. The van der Waals surface area contributed by atoms with E-state index in [1.165, 1.54) is 12.1 Å². The molecule has 1 heterocycles. The second kappa shape index (κ2) is 7.58. The zero-order chi connectivity index (χ0) is 19.9. The quantitative estimate of drug-likeness (QED) is 0.510. The fraction of sp³-hybridized carbons (Fsp3) is 0.350. The van der Waals surface area contributed by atoms with E-state index in [0.29, 0.717) is 27.4 Å². The Hall–Kier alpha value is -1.76. The van der Waals surface area contributed by atoms with E-state index in [1.807, 2.05) is 6.07 Å². The van der Waals surface area contributed by atoms with Crippen LogP contribution in [0.3, 0.4) is 0 Å². The number of piperidine rings is 1. The number of benzene rings is 2. The van der Waals surface area contributed by atoms with Crippen LogP contribution >= 0.6 is 23.2 Å². The maximum Gasteiger partial charge on any atom is 0.416 e. The molecule has 0 radical (unpaired) electrons. The lowest BCUT2D eigenvalue weighted by Crippen LogP contribution is -2.20. The molecule has 0 amide bonds.